The van der Waals surface area contributed by atoms with Gasteiger partial charge in [-0.1, -0.05) is 24.3 Å². The Kier molecular flexibility index (Phi) is 12.2. The van der Waals surface area contributed by atoms with Gasteiger partial charge in [0, 0.05) is 20.2 Å². The summed E-state index contributed by atoms with van der Waals surface area (Å²) in [6, 6.07) is 19.7. The van der Waals surface area contributed by atoms with Gasteiger partial charge in [0.2, 0.25) is 0 Å². The molecule has 6 aromatic rings. The quantitative estimate of drug-likeness (QED) is 0.111. The second-order valence-electron chi connectivity index (χ2n) is 7.63. The Balaban J connectivity index is 0.000000164. The van der Waals surface area contributed by atoms with E-state index in [1.807, 2.05) is 30.3 Å². The molecule has 0 aliphatic carbocycles. The number of aromatic nitrogens is 3. The third kappa shape index (κ3) is 9.19. The molecule has 0 amide bonds. The number of aryl methyl sites for hydroxylation is 2. The fourth-order valence-corrected chi connectivity index (χ4v) is 3.93. The van der Waals surface area contributed by atoms with Crippen LogP contribution in [0, 0.1) is 0 Å². The van der Waals surface area contributed by atoms with Crippen molar-refractivity contribution in [1.82, 2.24) is 14.1 Å². The molecule has 0 saturated carbocycles. The first-order valence-corrected chi connectivity index (χ1v) is 14.3. The van der Waals surface area contributed by atoms with E-state index in [-0.39, 0.29) is 5.76 Å². The summed E-state index contributed by atoms with van der Waals surface area (Å²) in [5.74, 6) is -1.13. The number of para-hydroxylation sites is 4. The van der Waals surface area contributed by atoms with E-state index in [2.05, 4.69) is 20.6 Å². The van der Waals surface area contributed by atoms with Crippen molar-refractivity contribution in [3.63, 3.8) is 0 Å². The summed E-state index contributed by atoms with van der Waals surface area (Å²) in [7, 11) is 3.32. The molecular formula is C24H18ClIN3O11S2-. The summed E-state index contributed by atoms with van der Waals surface area (Å²) in [5, 5.41) is 0. The van der Waals surface area contributed by atoms with Crippen molar-refractivity contribution in [2.45, 2.75) is 4.90 Å². The van der Waals surface area contributed by atoms with E-state index in [9.17, 15) is 19.2 Å². The number of nitrogens with zero attached hydrogens (tertiary/aromatic N) is 2. The van der Waals surface area contributed by atoms with Gasteiger partial charge < -0.3 is 22.0 Å². The summed E-state index contributed by atoms with van der Waals surface area (Å²) in [6.07, 6.45) is 0. The van der Waals surface area contributed by atoms with Crippen molar-refractivity contribution in [1.29, 1.82) is 0 Å². The first-order chi connectivity index (χ1) is 20.0. The number of halogens is 2. The molecule has 42 heavy (non-hydrogen) atoms. The van der Waals surface area contributed by atoms with E-state index in [0.29, 0.717) is 27.2 Å². The van der Waals surface area contributed by atoms with Crippen LogP contribution in [0.4, 0.5) is 4.79 Å². The number of carbonyl (C=O) groups is 1. The van der Waals surface area contributed by atoms with Gasteiger partial charge in [0.25, 0.3) is 0 Å². The molecule has 3 aromatic heterocycles. The number of carbonyl (C=O) groups excluding carboxylic acids is 1. The molecule has 1 atom stereocenters. The minimum atomic E-state index is -2.56. The Morgan fingerprint density at radius 3 is 2.02 bits per heavy atom. The van der Waals surface area contributed by atoms with E-state index in [1.54, 1.807) is 50.5 Å². The first kappa shape index (κ1) is 32.9. The summed E-state index contributed by atoms with van der Waals surface area (Å²) < 4.78 is 43.1. The van der Waals surface area contributed by atoms with Gasteiger partial charge in [0.1, 0.15) is 11.4 Å². The van der Waals surface area contributed by atoms with E-state index >= 15 is 0 Å². The van der Waals surface area contributed by atoms with Gasteiger partial charge in [-0.05, 0) is 36.4 Å². The smallest absolute Gasteiger partial charge is 0.419 e. The molecule has 222 valence electrons. The van der Waals surface area contributed by atoms with Crippen LogP contribution in [0.1, 0.15) is 0 Å². The van der Waals surface area contributed by atoms with E-state index in [0.717, 1.165) is 23.1 Å². The van der Waals surface area contributed by atoms with Crippen LogP contribution in [-0.4, -0.2) is 26.9 Å². The highest BCUT2D eigenvalue weighted by molar-refractivity contribution is 14.1. The van der Waals surface area contributed by atoms with Gasteiger partial charge in [-0.25, -0.2) is 23.4 Å². The molecule has 0 fully saturated rings. The van der Waals surface area contributed by atoms with Crippen molar-refractivity contribution in [2.24, 2.45) is 14.1 Å². The van der Waals surface area contributed by atoms with Crippen molar-refractivity contribution in [3.05, 3.63) is 98.4 Å². The zero-order valence-electron chi connectivity index (χ0n) is 21.3. The average Bonchev–Trinajstić information content (AvgIpc) is 3.59. The van der Waals surface area contributed by atoms with Gasteiger partial charge in [-0.3, -0.25) is 14.1 Å². The summed E-state index contributed by atoms with van der Waals surface area (Å²) in [5.41, 5.74) is 4.00. The maximum Gasteiger partial charge on any atom is 0.419 e. The molecule has 0 spiro atoms. The Morgan fingerprint density at radius 2 is 1.45 bits per heavy atom. The molecule has 0 aliphatic heterocycles. The van der Waals surface area contributed by atoms with Gasteiger partial charge in [-0.2, -0.15) is 3.74 Å². The zero-order chi connectivity index (χ0) is 30.8. The third-order valence-electron chi connectivity index (χ3n) is 5.04. The second kappa shape index (κ2) is 15.6. The standard InChI is InChI=1S/C9H6INO4S.C8H7NO2.C7H5NO2.ClHO3S/c1-11-6-3-2-5(16-15-8(10)12)4-7(6)14-9(11)13;1-9-6-4-2-3-5-7(6)11-8(9)10;9-7-8-5-3-1-2-4-6(5)10-7;1-4-5(2)3/h2-4H,1H3;2-5H,1H3;1-4H,(H,8,9);(H,2,3)/p-1. The van der Waals surface area contributed by atoms with Crippen LogP contribution in [0.2, 0.25) is 0 Å². The highest BCUT2D eigenvalue weighted by atomic mass is 127. The molecule has 1 N–H and O–H groups in total. The first-order valence-electron chi connectivity index (χ1n) is 11.1. The number of aromatic amines is 1. The lowest BCUT2D eigenvalue weighted by atomic mass is 10.3. The Bertz CT molecular complexity index is 1970. The Hall–Kier alpha value is -3.62. The van der Waals surface area contributed by atoms with Crippen molar-refractivity contribution in [3.8, 4) is 0 Å². The van der Waals surface area contributed by atoms with Crippen molar-refractivity contribution >= 4 is 95.1 Å². The minimum Gasteiger partial charge on any atom is -0.749 e. The average molecular weight is 751 g/mol. The SMILES string of the molecule is Cn1c(=O)oc2cc(SOC(=O)I)ccc21.Cn1c(=O)oc2ccccc21.O=S([O-])OCl.O=c1[nH]c2ccccc2o1. The molecule has 18 heteroatoms. The topological polar surface area (TPSA) is 192 Å². The highest BCUT2D eigenvalue weighted by Crippen LogP contribution is 2.24. The number of rotatable bonds is 3. The lowest BCUT2D eigenvalue weighted by Gasteiger charge is -1.98. The van der Waals surface area contributed by atoms with E-state index < -0.39 is 26.8 Å². The molecule has 0 aliphatic rings. The molecule has 0 bridgehead atoms. The van der Waals surface area contributed by atoms with Crippen LogP contribution in [0.25, 0.3) is 33.3 Å². The summed E-state index contributed by atoms with van der Waals surface area (Å²) >= 11 is 4.13. The van der Waals surface area contributed by atoms with Crippen molar-refractivity contribution < 1.29 is 34.7 Å². The predicted molar refractivity (Wildman–Crippen MR) is 162 cm³/mol. The molecule has 14 nitrogen and oxygen atoms in total. The maximum absolute atomic E-state index is 11.2. The molecule has 3 aromatic carbocycles. The summed E-state index contributed by atoms with van der Waals surface area (Å²) in [4.78, 5) is 46.6. The number of fused-ring (bicyclic) bond motifs is 3. The van der Waals surface area contributed by atoms with E-state index in [4.69, 9.17) is 26.2 Å². The highest BCUT2D eigenvalue weighted by Gasteiger charge is 2.08. The number of nitrogens with one attached hydrogen (secondary N) is 1. The van der Waals surface area contributed by atoms with Crippen LogP contribution >= 0.6 is 46.5 Å². The van der Waals surface area contributed by atoms with Crippen LogP contribution in [0.3, 0.4) is 0 Å². The number of hydrogen-bond donors (Lipinski definition) is 1. The predicted octanol–water partition coefficient (Wildman–Crippen LogP) is 4.91. The van der Waals surface area contributed by atoms with Crippen LogP contribution < -0.4 is 17.3 Å². The Morgan fingerprint density at radius 1 is 0.905 bits per heavy atom. The zero-order valence-corrected chi connectivity index (χ0v) is 25.9. The number of benzene rings is 3. The number of oxazole rings is 3. The summed E-state index contributed by atoms with van der Waals surface area (Å²) in [6.45, 7) is 0. The normalized spacial score (nSPS) is 11.1. The fraction of sp³-hybridized carbons (Fsp3) is 0.0833. The fourth-order valence-electron chi connectivity index (χ4n) is 3.22. The number of hydrogen-bond acceptors (Lipinski definition) is 12. The van der Waals surface area contributed by atoms with Gasteiger partial charge in [-0.15, -0.1) is 0 Å². The second-order valence-corrected chi connectivity index (χ2v) is 10.2. The number of H-pyrrole nitrogens is 1. The maximum atomic E-state index is 11.2. The van der Waals surface area contributed by atoms with Crippen LogP contribution in [-0.2, 0) is 33.4 Å². The van der Waals surface area contributed by atoms with Crippen molar-refractivity contribution in [2.75, 3.05) is 0 Å². The molecule has 0 saturated heterocycles. The minimum absolute atomic E-state index is 0.314. The van der Waals surface area contributed by atoms with E-state index in [1.165, 1.54) is 31.7 Å². The largest absolute Gasteiger partial charge is 0.749 e. The lowest BCUT2D eigenvalue weighted by molar-refractivity contribution is 0.237. The van der Waals surface area contributed by atoms with Gasteiger partial charge >= 0.3 is 21.2 Å². The monoisotopic (exact) mass is 750 g/mol. The third-order valence-corrected chi connectivity index (χ3v) is 6.65. The van der Waals surface area contributed by atoms with Crippen LogP contribution in [0.15, 0.2) is 99.3 Å². The molecule has 6 rings (SSSR count). The van der Waals surface area contributed by atoms with Gasteiger partial charge in [0.15, 0.2) is 16.7 Å². The lowest BCUT2D eigenvalue weighted by Crippen LogP contribution is -2.08. The van der Waals surface area contributed by atoms with Gasteiger partial charge in [0.05, 0.1) is 67.9 Å². The molecule has 3 heterocycles. The molecule has 0 radical (unpaired) electrons. The molecular weight excluding hydrogens is 733 g/mol. The molecule has 1 unspecified atom stereocenters. The van der Waals surface area contributed by atoms with Crippen LogP contribution in [0.5, 0.6) is 0 Å². The Labute approximate surface area is 260 Å².